The largest absolute Gasteiger partial charge is 0.417 e. The van der Waals surface area contributed by atoms with Gasteiger partial charge in [-0.1, -0.05) is 0 Å². The van der Waals surface area contributed by atoms with Gasteiger partial charge in [0.25, 0.3) is 0 Å². The number of hydrogen-bond acceptors (Lipinski definition) is 6. The fourth-order valence-electron chi connectivity index (χ4n) is 3.95. The Labute approximate surface area is 163 Å². The molecule has 2 aromatic rings. The highest BCUT2D eigenvalue weighted by Gasteiger charge is 2.23. The Morgan fingerprint density at radius 1 is 1.00 bits per heavy atom. The van der Waals surface area contributed by atoms with E-state index in [1.165, 1.54) is 0 Å². The van der Waals surface area contributed by atoms with Crippen molar-refractivity contribution in [3.05, 3.63) is 34.3 Å². The number of oxazole rings is 1. The van der Waals surface area contributed by atoms with E-state index in [0.717, 1.165) is 52.1 Å². The topological polar surface area (TPSA) is 89.9 Å². The summed E-state index contributed by atoms with van der Waals surface area (Å²) in [6.45, 7) is 6.45. The third-order valence-electron chi connectivity index (χ3n) is 5.68. The second kappa shape index (κ2) is 8.28. The Bertz CT molecular complexity index is 904. The predicted molar refractivity (Wildman–Crippen MR) is 104 cm³/mol. The number of amides is 1. The maximum Gasteiger partial charge on any atom is 0.417 e. The van der Waals surface area contributed by atoms with Crippen LogP contribution in [0.2, 0.25) is 0 Å². The van der Waals surface area contributed by atoms with Crippen molar-refractivity contribution in [1.29, 1.82) is 0 Å². The molecule has 0 bridgehead atoms. The lowest BCUT2D eigenvalue weighted by molar-refractivity contribution is -0.131. The van der Waals surface area contributed by atoms with Gasteiger partial charge in [-0.2, -0.15) is 0 Å². The van der Waals surface area contributed by atoms with Gasteiger partial charge in [-0.3, -0.25) is 19.5 Å². The van der Waals surface area contributed by atoms with E-state index >= 15 is 0 Å². The molecule has 4 rings (SSSR count). The Morgan fingerprint density at radius 2 is 1.71 bits per heavy atom. The molecule has 2 fully saturated rings. The van der Waals surface area contributed by atoms with Crippen LogP contribution in [0.3, 0.4) is 0 Å². The number of likely N-dealkylation sites (tertiary alicyclic amines) is 1. The minimum atomic E-state index is -0.513. The number of aromatic nitrogens is 1. The van der Waals surface area contributed by atoms with Crippen LogP contribution in [0.25, 0.3) is 11.1 Å². The lowest BCUT2D eigenvalue weighted by atomic mass is 10.1. The van der Waals surface area contributed by atoms with Crippen LogP contribution >= 0.6 is 0 Å². The molecule has 0 radical (unpaired) electrons. The first kappa shape index (κ1) is 18.9. The number of carbonyl (C=O) groups is 2. The molecule has 1 N–H and O–H groups in total. The van der Waals surface area contributed by atoms with Gasteiger partial charge in [-0.05, 0) is 31.0 Å². The van der Waals surface area contributed by atoms with E-state index in [1.54, 1.807) is 18.2 Å². The molecule has 1 aromatic heterocycles. The number of aromatic amines is 1. The highest BCUT2D eigenvalue weighted by molar-refractivity contribution is 5.98. The van der Waals surface area contributed by atoms with Crippen molar-refractivity contribution in [2.45, 2.75) is 19.3 Å². The summed E-state index contributed by atoms with van der Waals surface area (Å²) >= 11 is 0. The number of benzene rings is 1. The van der Waals surface area contributed by atoms with Gasteiger partial charge in [0, 0.05) is 57.8 Å². The standard InChI is InChI=1S/C20H26N4O4/c25-17(15-3-4-16-18(13-15)28-20(27)21-16)5-8-22-9-11-23(12-10-22)14-19(26)24-6-1-2-7-24/h3-4,13H,1-2,5-12,14H2,(H,21,27). The quantitative estimate of drug-likeness (QED) is 0.743. The van der Waals surface area contributed by atoms with Crippen LogP contribution in [0, 0.1) is 0 Å². The molecular weight excluding hydrogens is 360 g/mol. The first-order chi connectivity index (χ1) is 13.6. The second-order valence-electron chi connectivity index (χ2n) is 7.60. The maximum atomic E-state index is 12.5. The lowest BCUT2D eigenvalue weighted by Crippen LogP contribution is -2.50. The number of ketones is 1. The zero-order valence-corrected chi connectivity index (χ0v) is 16.0. The molecule has 28 heavy (non-hydrogen) atoms. The van der Waals surface area contributed by atoms with Gasteiger partial charge in [0.05, 0.1) is 12.1 Å². The summed E-state index contributed by atoms with van der Waals surface area (Å²) in [5, 5.41) is 0. The first-order valence-corrected chi connectivity index (χ1v) is 9.97. The average molecular weight is 386 g/mol. The van der Waals surface area contributed by atoms with Crippen LogP contribution in [0.15, 0.2) is 27.4 Å². The minimum absolute atomic E-state index is 0.0392. The number of carbonyl (C=O) groups excluding carboxylic acids is 2. The number of hydrogen-bond donors (Lipinski definition) is 1. The van der Waals surface area contributed by atoms with Crippen LogP contribution in [0.5, 0.6) is 0 Å². The van der Waals surface area contributed by atoms with Gasteiger partial charge in [-0.15, -0.1) is 0 Å². The summed E-state index contributed by atoms with van der Waals surface area (Å²) in [5.41, 5.74) is 1.57. The minimum Gasteiger partial charge on any atom is -0.408 e. The first-order valence-electron chi connectivity index (χ1n) is 9.97. The molecule has 0 aliphatic carbocycles. The summed E-state index contributed by atoms with van der Waals surface area (Å²) in [6.07, 6.45) is 2.67. The van der Waals surface area contributed by atoms with Crippen LogP contribution in [-0.2, 0) is 4.79 Å². The van der Waals surface area contributed by atoms with Gasteiger partial charge >= 0.3 is 5.76 Å². The maximum absolute atomic E-state index is 12.5. The molecule has 1 aromatic carbocycles. The fraction of sp³-hybridized carbons (Fsp3) is 0.550. The van der Waals surface area contributed by atoms with Gasteiger partial charge in [0.1, 0.15) is 0 Å². The molecule has 2 aliphatic heterocycles. The SMILES string of the molecule is O=C(CCN1CCN(CC(=O)N2CCCC2)CC1)c1ccc2[nH]c(=O)oc2c1. The van der Waals surface area contributed by atoms with Crippen molar-refractivity contribution in [1.82, 2.24) is 19.7 Å². The van der Waals surface area contributed by atoms with Crippen molar-refractivity contribution >= 4 is 22.8 Å². The van der Waals surface area contributed by atoms with Crippen LogP contribution in [0.1, 0.15) is 29.6 Å². The number of fused-ring (bicyclic) bond motifs is 1. The number of Topliss-reactive ketones (excluding diaryl/α,β-unsaturated/α-hetero) is 1. The smallest absolute Gasteiger partial charge is 0.408 e. The van der Waals surface area contributed by atoms with E-state index in [2.05, 4.69) is 14.8 Å². The predicted octanol–water partition coefficient (Wildman–Crippen LogP) is 0.934. The van der Waals surface area contributed by atoms with E-state index in [0.29, 0.717) is 36.2 Å². The van der Waals surface area contributed by atoms with Crippen LogP contribution < -0.4 is 5.76 Å². The third-order valence-corrected chi connectivity index (χ3v) is 5.68. The normalized spacial score (nSPS) is 18.8. The molecule has 0 atom stereocenters. The summed E-state index contributed by atoms with van der Waals surface area (Å²) in [5.74, 6) is -0.231. The summed E-state index contributed by atoms with van der Waals surface area (Å²) < 4.78 is 5.02. The van der Waals surface area contributed by atoms with Crippen LogP contribution in [-0.4, -0.2) is 83.7 Å². The fourth-order valence-corrected chi connectivity index (χ4v) is 3.95. The molecule has 2 saturated heterocycles. The number of nitrogens with zero attached hydrogens (tertiary/aromatic N) is 3. The van der Waals surface area contributed by atoms with E-state index in [4.69, 9.17) is 4.42 Å². The summed E-state index contributed by atoms with van der Waals surface area (Å²) in [6, 6.07) is 5.04. The van der Waals surface area contributed by atoms with Crippen molar-refractivity contribution in [2.24, 2.45) is 0 Å². The van der Waals surface area contributed by atoms with Gasteiger partial charge in [0.15, 0.2) is 11.4 Å². The molecule has 2 aliphatic rings. The zero-order valence-electron chi connectivity index (χ0n) is 16.0. The second-order valence-corrected chi connectivity index (χ2v) is 7.60. The number of H-pyrrole nitrogens is 1. The van der Waals surface area contributed by atoms with Crippen molar-refractivity contribution in [3.8, 4) is 0 Å². The molecular formula is C20H26N4O4. The molecule has 150 valence electrons. The Kier molecular flexibility index (Phi) is 5.59. The lowest BCUT2D eigenvalue weighted by Gasteiger charge is -2.34. The summed E-state index contributed by atoms with van der Waals surface area (Å²) in [4.78, 5) is 45.0. The highest BCUT2D eigenvalue weighted by atomic mass is 16.4. The molecule has 1 amide bonds. The number of rotatable bonds is 6. The van der Waals surface area contributed by atoms with Crippen molar-refractivity contribution < 1.29 is 14.0 Å². The van der Waals surface area contributed by atoms with Crippen molar-refractivity contribution in [3.63, 3.8) is 0 Å². The van der Waals surface area contributed by atoms with Crippen LogP contribution in [0.4, 0.5) is 0 Å². The van der Waals surface area contributed by atoms with Gasteiger partial charge in [0.2, 0.25) is 5.91 Å². The molecule has 0 unspecified atom stereocenters. The molecule has 0 saturated carbocycles. The average Bonchev–Trinajstić information content (AvgIpc) is 3.35. The monoisotopic (exact) mass is 386 g/mol. The summed E-state index contributed by atoms with van der Waals surface area (Å²) in [7, 11) is 0. The van der Waals surface area contributed by atoms with E-state index < -0.39 is 5.76 Å². The zero-order chi connectivity index (χ0) is 19.5. The molecule has 3 heterocycles. The Hall–Kier alpha value is -2.45. The Morgan fingerprint density at radius 3 is 2.46 bits per heavy atom. The Balaban J connectivity index is 1.22. The van der Waals surface area contributed by atoms with E-state index in [-0.39, 0.29) is 11.7 Å². The third kappa shape index (κ3) is 4.34. The highest BCUT2D eigenvalue weighted by Crippen LogP contribution is 2.15. The molecule has 8 heteroatoms. The van der Waals surface area contributed by atoms with Gasteiger partial charge < -0.3 is 14.2 Å². The number of nitrogens with one attached hydrogen (secondary N) is 1. The molecule has 0 spiro atoms. The van der Waals surface area contributed by atoms with E-state index in [1.807, 2.05) is 4.90 Å². The van der Waals surface area contributed by atoms with E-state index in [9.17, 15) is 14.4 Å². The molecule has 8 nitrogen and oxygen atoms in total. The number of piperazine rings is 1. The van der Waals surface area contributed by atoms with Crippen molar-refractivity contribution in [2.75, 3.05) is 52.4 Å². The van der Waals surface area contributed by atoms with Gasteiger partial charge in [-0.25, -0.2) is 4.79 Å².